The lowest BCUT2D eigenvalue weighted by molar-refractivity contribution is -0.384. The third-order valence-corrected chi connectivity index (χ3v) is 4.78. The molecule has 3 rings (SSSR count). The minimum atomic E-state index is -0.475. The quantitative estimate of drug-likeness (QED) is 0.358. The smallest absolute Gasteiger partial charge is 0.270 e. The molecule has 2 aromatic rings. The number of amides is 1. The molecule has 0 spiro atoms. The Morgan fingerprint density at radius 2 is 1.88 bits per heavy atom. The van der Waals surface area contributed by atoms with E-state index in [1.165, 1.54) is 24.3 Å². The predicted octanol–water partition coefficient (Wildman–Crippen LogP) is 3.88. The summed E-state index contributed by atoms with van der Waals surface area (Å²) in [5.41, 5.74) is 1.90. The Kier molecular flexibility index (Phi) is 8.04. The Hall–Kier alpha value is -3.59. The molecule has 1 aliphatic heterocycles. The molecule has 0 aromatic heterocycles. The van der Waals surface area contributed by atoms with Crippen molar-refractivity contribution in [2.24, 2.45) is 0 Å². The number of anilines is 2. The van der Waals surface area contributed by atoms with E-state index >= 15 is 0 Å². The molecular weight excluding hydrogens is 414 g/mol. The zero-order chi connectivity index (χ0) is 22.9. The lowest BCUT2D eigenvalue weighted by Crippen LogP contribution is -2.36. The van der Waals surface area contributed by atoms with Crippen LogP contribution in [0.25, 0.3) is 6.08 Å². The molecule has 1 amide bonds. The number of non-ortho nitro benzene ring substituents is 1. The zero-order valence-corrected chi connectivity index (χ0v) is 18.2. The molecule has 1 aliphatic rings. The number of morpholine rings is 1. The number of rotatable bonds is 9. The fourth-order valence-corrected chi connectivity index (χ4v) is 3.33. The fraction of sp³-hybridized carbons (Fsp3) is 0.348. The summed E-state index contributed by atoms with van der Waals surface area (Å²) in [4.78, 5) is 25.2. The van der Waals surface area contributed by atoms with E-state index < -0.39 is 4.92 Å². The SMILES string of the molecule is CCOc1cc(N2CCOCC2)c(OCC)cc1NC(=O)/C=C/c1cccc([N+](=O)[O-])c1. The molecule has 32 heavy (non-hydrogen) atoms. The van der Waals surface area contributed by atoms with Gasteiger partial charge in [-0.3, -0.25) is 14.9 Å². The second kappa shape index (κ2) is 11.1. The van der Waals surface area contributed by atoms with Crippen molar-refractivity contribution in [3.63, 3.8) is 0 Å². The Bertz CT molecular complexity index is 986. The third kappa shape index (κ3) is 5.98. The first-order valence-electron chi connectivity index (χ1n) is 10.5. The maximum Gasteiger partial charge on any atom is 0.270 e. The van der Waals surface area contributed by atoms with Crippen LogP contribution in [-0.2, 0) is 9.53 Å². The third-order valence-electron chi connectivity index (χ3n) is 4.78. The van der Waals surface area contributed by atoms with Crippen molar-refractivity contribution in [3.05, 3.63) is 58.2 Å². The van der Waals surface area contributed by atoms with Gasteiger partial charge in [0.1, 0.15) is 11.5 Å². The largest absolute Gasteiger partial charge is 0.492 e. The number of benzene rings is 2. The molecule has 1 heterocycles. The van der Waals surface area contributed by atoms with Crippen molar-refractivity contribution in [3.8, 4) is 11.5 Å². The van der Waals surface area contributed by atoms with Gasteiger partial charge in [0.05, 0.1) is 42.7 Å². The number of nitro groups is 1. The Balaban J connectivity index is 1.83. The number of ether oxygens (including phenoxy) is 3. The topological polar surface area (TPSA) is 103 Å². The van der Waals surface area contributed by atoms with Crippen LogP contribution in [0.4, 0.5) is 17.1 Å². The minimum Gasteiger partial charge on any atom is -0.492 e. The second-order valence-electron chi connectivity index (χ2n) is 6.96. The van der Waals surface area contributed by atoms with E-state index in [0.29, 0.717) is 49.2 Å². The normalized spacial score (nSPS) is 13.8. The summed E-state index contributed by atoms with van der Waals surface area (Å²) in [6, 6.07) is 9.70. The number of nitrogens with zero attached hydrogens (tertiary/aromatic N) is 2. The van der Waals surface area contributed by atoms with Gasteiger partial charge in [0.25, 0.3) is 5.69 Å². The van der Waals surface area contributed by atoms with Crippen LogP contribution >= 0.6 is 0 Å². The second-order valence-corrected chi connectivity index (χ2v) is 6.96. The van der Waals surface area contributed by atoms with E-state index in [1.54, 1.807) is 18.2 Å². The summed E-state index contributed by atoms with van der Waals surface area (Å²) in [5.74, 6) is 0.796. The first-order chi connectivity index (χ1) is 15.5. The van der Waals surface area contributed by atoms with E-state index in [-0.39, 0.29) is 11.6 Å². The molecule has 2 aromatic carbocycles. The van der Waals surface area contributed by atoms with Crippen LogP contribution in [0.2, 0.25) is 0 Å². The molecule has 0 radical (unpaired) electrons. The number of hydrogen-bond acceptors (Lipinski definition) is 7. The molecule has 9 nitrogen and oxygen atoms in total. The number of carbonyl (C=O) groups is 1. The van der Waals surface area contributed by atoms with Crippen molar-refractivity contribution in [2.45, 2.75) is 13.8 Å². The first kappa shape index (κ1) is 23.1. The lowest BCUT2D eigenvalue weighted by Gasteiger charge is -2.31. The highest BCUT2D eigenvalue weighted by atomic mass is 16.6. The van der Waals surface area contributed by atoms with E-state index in [2.05, 4.69) is 10.2 Å². The monoisotopic (exact) mass is 441 g/mol. The molecule has 0 bridgehead atoms. The molecular formula is C23H27N3O6. The van der Waals surface area contributed by atoms with Crippen LogP contribution in [0.5, 0.6) is 11.5 Å². The molecule has 1 saturated heterocycles. The highest BCUT2D eigenvalue weighted by Gasteiger charge is 2.20. The number of carbonyl (C=O) groups excluding carboxylic acids is 1. The highest BCUT2D eigenvalue weighted by Crippen LogP contribution is 2.39. The fourth-order valence-electron chi connectivity index (χ4n) is 3.33. The van der Waals surface area contributed by atoms with Gasteiger partial charge in [-0.2, -0.15) is 0 Å². The van der Waals surface area contributed by atoms with Gasteiger partial charge in [-0.1, -0.05) is 12.1 Å². The van der Waals surface area contributed by atoms with Gasteiger partial charge < -0.3 is 24.4 Å². The van der Waals surface area contributed by atoms with Crippen molar-refractivity contribution < 1.29 is 23.9 Å². The molecule has 1 N–H and O–H groups in total. The number of nitrogens with one attached hydrogen (secondary N) is 1. The van der Waals surface area contributed by atoms with Crippen LogP contribution in [0.15, 0.2) is 42.5 Å². The van der Waals surface area contributed by atoms with E-state index in [0.717, 1.165) is 18.8 Å². The summed E-state index contributed by atoms with van der Waals surface area (Å²) in [6.07, 6.45) is 2.85. The molecule has 0 unspecified atom stereocenters. The van der Waals surface area contributed by atoms with Gasteiger partial charge in [0, 0.05) is 43.4 Å². The van der Waals surface area contributed by atoms with Crippen molar-refractivity contribution in [1.82, 2.24) is 0 Å². The van der Waals surface area contributed by atoms with Crippen LogP contribution in [0.3, 0.4) is 0 Å². The average Bonchev–Trinajstić information content (AvgIpc) is 2.80. The van der Waals surface area contributed by atoms with E-state index in [4.69, 9.17) is 14.2 Å². The van der Waals surface area contributed by atoms with Gasteiger partial charge in [0.15, 0.2) is 0 Å². The average molecular weight is 441 g/mol. The molecule has 0 atom stereocenters. The maximum atomic E-state index is 12.6. The van der Waals surface area contributed by atoms with Crippen molar-refractivity contribution in [2.75, 3.05) is 49.7 Å². The van der Waals surface area contributed by atoms with E-state index in [1.807, 2.05) is 19.9 Å². The first-order valence-corrected chi connectivity index (χ1v) is 10.5. The summed E-state index contributed by atoms with van der Waals surface area (Å²) in [7, 11) is 0. The van der Waals surface area contributed by atoms with Crippen LogP contribution in [0, 0.1) is 10.1 Å². The van der Waals surface area contributed by atoms with Gasteiger partial charge >= 0.3 is 0 Å². The highest BCUT2D eigenvalue weighted by molar-refractivity contribution is 6.03. The molecule has 1 fully saturated rings. The summed E-state index contributed by atoms with van der Waals surface area (Å²) in [6.45, 7) is 7.44. The molecule has 0 saturated carbocycles. The standard InChI is InChI=1S/C23H27N3O6/c1-3-31-21-16-20(25-10-12-30-13-11-25)22(32-4-2)15-19(21)24-23(27)9-8-17-6-5-7-18(14-17)26(28)29/h5-9,14-16H,3-4,10-13H2,1-2H3,(H,24,27)/b9-8+. The van der Waals surface area contributed by atoms with Crippen molar-refractivity contribution in [1.29, 1.82) is 0 Å². The zero-order valence-electron chi connectivity index (χ0n) is 18.2. The predicted molar refractivity (Wildman–Crippen MR) is 123 cm³/mol. The summed E-state index contributed by atoms with van der Waals surface area (Å²) < 4.78 is 17.1. The van der Waals surface area contributed by atoms with Gasteiger partial charge in [-0.15, -0.1) is 0 Å². The minimum absolute atomic E-state index is 0.0359. The lowest BCUT2D eigenvalue weighted by atomic mass is 10.2. The van der Waals surface area contributed by atoms with Crippen LogP contribution < -0.4 is 19.7 Å². The summed E-state index contributed by atoms with van der Waals surface area (Å²) >= 11 is 0. The molecule has 0 aliphatic carbocycles. The van der Waals surface area contributed by atoms with Crippen LogP contribution in [0.1, 0.15) is 19.4 Å². The maximum absolute atomic E-state index is 12.6. The number of hydrogen-bond donors (Lipinski definition) is 1. The van der Waals surface area contributed by atoms with Crippen LogP contribution in [-0.4, -0.2) is 50.3 Å². The summed E-state index contributed by atoms with van der Waals surface area (Å²) in [5, 5.41) is 13.7. The van der Waals surface area contributed by atoms with Gasteiger partial charge in [-0.25, -0.2) is 0 Å². The number of nitro benzene ring substituents is 1. The van der Waals surface area contributed by atoms with Crippen molar-refractivity contribution >= 4 is 29.0 Å². The Morgan fingerprint density at radius 1 is 1.16 bits per heavy atom. The van der Waals surface area contributed by atoms with Gasteiger partial charge in [0.2, 0.25) is 5.91 Å². The van der Waals surface area contributed by atoms with Gasteiger partial charge in [-0.05, 0) is 25.5 Å². The Morgan fingerprint density at radius 3 is 2.56 bits per heavy atom. The van der Waals surface area contributed by atoms with E-state index in [9.17, 15) is 14.9 Å². The Labute approximate surface area is 186 Å². The molecule has 170 valence electrons. The molecule has 9 heteroatoms.